The van der Waals surface area contributed by atoms with Gasteiger partial charge in [-0.3, -0.25) is 9.80 Å². The highest BCUT2D eigenvalue weighted by Crippen LogP contribution is 2.10. The second kappa shape index (κ2) is 5.86. The Morgan fingerprint density at radius 2 is 1.50 bits per heavy atom. The number of hydrogen-bond acceptors (Lipinski definition) is 8. The number of nitrogens with two attached hydrogens (primary N) is 2. The maximum absolute atomic E-state index is 9.82. The predicted molar refractivity (Wildman–Crippen MR) is 76.7 cm³/mol. The van der Waals surface area contributed by atoms with Crippen LogP contribution in [-0.4, -0.2) is 68.2 Å². The molecule has 0 aromatic carbocycles. The van der Waals surface area contributed by atoms with E-state index in [9.17, 15) is 5.11 Å². The van der Waals surface area contributed by atoms with Gasteiger partial charge in [-0.2, -0.15) is 15.0 Å². The molecule has 0 radical (unpaired) electrons. The van der Waals surface area contributed by atoms with Crippen LogP contribution >= 0.6 is 0 Å². The number of aliphatic hydroxyl groups is 1. The van der Waals surface area contributed by atoms with E-state index in [1.807, 2.05) is 13.8 Å². The van der Waals surface area contributed by atoms with Crippen LogP contribution in [0.4, 0.5) is 11.9 Å². The molecule has 1 aromatic heterocycles. The molecule has 0 unspecified atom stereocenters. The van der Waals surface area contributed by atoms with Crippen LogP contribution in [-0.2, 0) is 6.54 Å². The number of piperazine rings is 1. The zero-order chi connectivity index (χ0) is 14.8. The fraction of sp³-hybridized carbons (Fsp3) is 0.750. The lowest BCUT2D eigenvalue weighted by atomic mass is 10.1. The molecule has 5 N–H and O–H groups in total. The third-order valence-electron chi connectivity index (χ3n) is 3.16. The van der Waals surface area contributed by atoms with Crippen LogP contribution in [0.5, 0.6) is 0 Å². The minimum Gasteiger partial charge on any atom is -0.389 e. The summed E-state index contributed by atoms with van der Waals surface area (Å²) in [5.41, 5.74) is 10.5. The van der Waals surface area contributed by atoms with E-state index in [-0.39, 0.29) is 11.9 Å². The minimum absolute atomic E-state index is 0.160. The topological polar surface area (TPSA) is 117 Å². The van der Waals surface area contributed by atoms with Gasteiger partial charge in [0.05, 0.1) is 12.1 Å². The van der Waals surface area contributed by atoms with Crippen molar-refractivity contribution in [3.05, 3.63) is 5.82 Å². The molecule has 112 valence electrons. The minimum atomic E-state index is -0.653. The third kappa shape index (κ3) is 4.55. The maximum atomic E-state index is 9.82. The van der Waals surface area contributed by atoms with Gasteiger partial charge in [-0.05, 0) is 13.8 Å². The van der Waals surface area contributed by atoms with E-state index in [0.29, 0.717) is 18.9 Å². The maximum Gasteiger partial charge on any atom is 0.225 e. The Morgan fingerprint density at radius 3 is 2.00 bits per heavy atom. The molecule has 8 heteroatoms. The average Bonchev–Trinajstić information content (AvgIpc) is 2.28. The summed E-state index contributed by atoms with van der Waals surface area (Å²) in [5, 5.41) is 9.82. The Morgan fingerprint density at radius 1 is 1.00 bits per heavy atom. The van der Waals surface area contributed by atoms with Gasteiger partial charge in [-0.25, -0.2) is 0 Å². The second-order valence-corrected chi connectivity index (χ2v) is 5.83. The molecule has 1 aliphatic rings. The summed E-state index contributed by atoms with van der Waals surface area (Å²) in [7, 11) is 0. The van der Waals surface area contributed by atoms with Crippen molar-refractivity contribution in [1.82, 2.24) is 24.8 Å². The van der Waals surface area contributed by atoms with Crippen molar-refractivity contribution in [2.24, 2.45) is 0 Å². The number of nitrogen functional groups attached to an aromatic ring is 2. The van der Waals surface area contributed by atoms with Crippen molar-refractivity contribution >= 4 is 11.9 Å². The van der Waals surface area contributed by atoms with Crippen LogP contribution in [0.1, 0.15) is 19.7 Å². The largest absolute Gasteiger partial charge is 0.389 e. The fourth-order valence-corrected chi connectivity index (χ4v) is 2.38. The van der Waals surface area contributed by atoms with Crippen LogP contribution in [0.2, 0.25) is 0 Å². The molecule has 1 aromatic rings. The first-order valence-corrected chi connectivity index (χ1v) is 6.75. The number of rotatable bonds is 4. The molecule has 0 bridgehead atoms. The second-order valence-electron chi connectivity index (χ2n) is 5.83. The van der Waals surface area contributed by atoms with Gasteiger partial charge < -0.3 is 16.6 Å². The van der Waals surface area contributed by atoms with E-state index in [4.69, 9.17) is 11.5 Å². The molecule has 0 aliphatic carbocycles. The van der Waals surface area contributed by atoms with Crippen LogP contribution in [0.15, 0.2) is 0 Å². The van der Waals surface area contributed by atoms with Crippen LogP contribution in [0.3, 0.4) is 0 Å². The van der Waals surface area contributed by atoms with Crippen LogP contribution in [0.25, 0.3) is 0 Å². The van der Waals surface area contributed by atoms with Crippen LogP contribution < -0.4 is 11.5 Å². The molecule has 1 saturated heterocycles. The van der Waals surface area contributed by atoms with Gasteiger partial charge in [0.25, 0.3) is 0 Å². The molecule has 1 fully saturated rings. The molecule has 0 amide bonds. The highest BCUT2D eigenvalue weighted by molar-refractivity contribution is 5.25. The van der Waals surface area contributed by atoms with Gasteiger partial charge in [0, 0.05) is 32.7 Å². The Balaban J connectivity index is 1.85. The summed E-state index contributed by atoms with van der Waals surface area (Å²) < 4.78 is 0. The lowest BCUT2D eigenvalue weighted by Crippen LogP contribution is -2.50. The van der Waals surface area contributed by atoms with Crippen molar-refractivity contribution in [3.8, 4) is 0 Å². The predicted octanol–water partition coefficient (Wildman–Crippen LogP) is -1.08. The lowest BCUT2D eigenvalue weighted by molar-refractivity contribution is 0.0163. The normalized spacial score (nSPS) is 18.4. The summed E-state index contributed by atoms with van der Waals surface area (Å²) in [6.07, 6.45) is 0. The first-order valence-electron chi connectivity index (χ1n) is 6.75. The van der Waals surface area contributed by atoms with Gasteiger partial charge in [0.2, 0.25) is 11.9 Å². The van der Waals surface area contributed by atoms with Gasteiger partial charge in [0.1, 0.15) is 5.82 Å². The number of β-amino-alcohol motifs (C(OH)–C–C–N with tert-alkyl or cyclic N) is 1. The number of nitrogens with zero attached hydrogens (tertiary/aromatic N) is 5. The quantitative estimate of drug-likeness (QED) is 0.638. The molecular weight excluding hydrogens is 258 g/mol. The average molecular weight is 281 g/mol. The van der Waals surface area contributed by atoms with Crippen molar-refractivity contribution in [1.29, 1.82) is 0 Å². The Bertz CT molecular complexity index is 431. The summed E-state index contributed by atoms with van der Waals surface area (Å²) in [5.74, 6) is 0.923. The number of anilines is 2. The number of aromatic nitrogens is 3. The van der Waals surface area contributed by atoms with Gasteiger partial charge in [-0.15, -0.1) is 0 Å². The molecule has 20 heavy (non-hydrogen) atoms. The zero-order valence-corrected chi connectivity index (χ0v) is 12.1. The SMILES string of the molecule is CC(C)(O)CN1CCN(Cc2nc(N)nc(N)n2)CC1. The summed E-state index contributed by atoms with van der Waals surface area (Å²) >= 11 is 0. The first kappa shape index (κ1) is 14.9. The van der Waals surface area contributed by atoms with Gasteiger partial charge in [-0.1, -0.05) is 0 Å². The van der Waals surface area contributed by atoms with Crippen molar-refractivity contribution in [2.45, 2.75) is 26.0 Å². The molecule has 0 saturated carbocycles. The highest BCUT2D eigenvalue weighted by atomic mass is 16.3. The van der Waals surface area contributed by atoms with Crippen molar-refractivity contribution < 1.29 is 5.11 Å². The lowest BCUT2D eigenvalue weighted by Gasteiger charge is -2.36. The molecular formula is C12H23N7O. The van der Waals surface area contributed by atoms with E-state index in [1.54, 1.807) is 0 Å². The molecule has 2 rings (SSSR count). The molecule has 8 nitrogen and oxygen atoms in total. The first-order chi connectivity index (χ1) is 9.32. The Labute approximate surface area is 118 Å². The van der Waals surface area contributed by atoms with Crippen molar-refractivity contribution in [3.63, 3.8) is 0 Å². The monoisotopic (exact) mass is 281 g/mol. The van der Waals surface area contributed by atoms with E-state index in [2.05, 4.69) is 24.8 Å². The number of hydrogen-bond donors (Lipinski definition) is 3. The van der Waals surface area contributed by atoms with Gasteiger partial charge >= 0.3 is 0 Å². The zero-order valence-electron chi connectivity index (χ0n) is 12.1. The summed E-state index contributed by atoms with van der Waals surface area (Å²) in [6.45, 7) is 8.61. The Hall–Kier alpha value is -1.51. The molecule has 0 spiro atoms. The molecule has 0 atom stereocenters. The summed E-state index contributed by atoms with van der Waals surface area (Å²) in [4.78, 5) is 16.4. The van der Waals surface area contributed by atoms with Crippen LogP contribution in [0, 0.1) is 0 Å². The van der Waals surface area contributed by atoms with E-state index in [1.165, 1.54) is 0 Å². The molecule has 2 heterocycles. The third-order valence-corrected chi connectivity index (χ3v) is 3.16. The Kier molecular flexibility index (Phi) is 4.36. The standard InChI is InChI=1S/C12H23N7O/c1-12(2,20)8-19-5-3-18(4-6-19)7-9-15-10(13)17-11(14)16-9/h20H,3-8H2,1-2H3,(H4,13,14,15,16,17). The van der Waals surface area contributed by atoms with Crippen molar-refractivity contribution in [2.75, 3.05) is 44.2 Å². The molecule has 1 aliphatic heterocycles. The smallest absolute Gasteiger partial charge is 0.225 e. The fourth-order valence-electron chi connectivity index (χ4n) is 2.38. The van der Waals surface area contributed by atoms with E-state index in [0.717, 1.165) is 26.2 Å². The van der Waals surface area contributed by atoms with E-state index >= 15 is 0 Å². The summed E-state index contributed by atoms with van der Waals surface area (Å²) in [6, 6.07) is 0. The van der Waals surface area contributed by atoms with E-state index < -0.39 is 5.60 Å². The highest BCUT2D eigenvalue weighted by Gasteiger charge is 2.23. The van der Waals surface area contributed by atoms with Gasteiger partial charge in [0.15, 0.2) is 0 Å².